The van der Waals surface area contributed by atoms with E-state index in [2.05, 4.69) is 5.32 Å². The van der Waals surface area contributed by atoms with Crippen molar-refractivity contribution in [1.29, 1.82) is 5.26 Å². The number of carbonyl (C=O) groups excluding carboxylic acids is 2. The first-order chi connectivity index (χ1) is 6.72. The minimum atomic E-state index is -0.331. The summed E-state index contributed by atoms with van der Waals surface area (Å²) in [6.45, 7) is 0.483. The summed E-state index contributed by atoms with van der Waals surface area (Å²) in [6, 6.07) is 0.363. The Morgan fingerprint density at radius 2 is 2.29 bits per heavy atom. The van der Waals surface area contributed by atoms with Crippen LogP contribution in [0.1, 0.15) is 19.3 Å². The summed E-state index contributed by atoms with van der Waals surface area (Å²) in [7, 11) is 0. The van der Waals surface area contributed by atoms with Crippen LogP contribution in [0.25, 0.3) is 0 Å². The van der Waals surface area contributed by atoms with Gasteiger partial charge in [0.25, 0.3) is 0 Å². The second kappa shape index (κ2) is 3.29. The third-order valence-corrected chi connectivity index (χ3v) is 2.70. The van der Waals surface area contributed by atoms with Crippen LogP contribution in [0, 0.1) is 17.4 Å². The molecule has 0 spiro atoms. The van der Waals surface area contributed by atoms with E-state index < -0.39 is 0 Å². The van der Waals surface area contributed by atoms with Crippen molar-refractivity contribution < 1.29 is 9.59 Å². The van der Waals surface area contributed by atoms with Gasteiger partial charge in [0.1, 0.15) is 0 Å². The van der Waals surface area contributed by atoms with Crippen LogP contribution in [0.5, 0.6) is 0 Å². The Morgan fingerprint density at radius 3 is 2.86 bits per heavy atom. The van der Waals surface area contributed by atoms with E-state index in [1.807, 2.05) is 0 Å². The average Bonchev–Trinajstić information content (AvgIpc) is 2.91. The van der Waals surface area contributed by atoms with Crippen LogP contribution in [0.2, 0.25) is 0 Å². The van der Waals surface area contributed by atoms with E-state index >= 15 is 0 Å². The van der Waals surface area contributed by atoms with Crippen molar-refractivity contribution in [3.63, 3.8) is 0 Å². The maximum Gasteiger partial charge on any atom is 0.238 e. The number of nitriles is 1. The second-order valence-electron chi connectivity index (χ2n) is 3.78. The van der Waals surface area contributed by atoms with Gasteiger partial charge in [0.15, 0.2) is 6.19 Å². The molecule has 1 aliphatic heterocycles. The summed E-state index contributed by atoms with van der Waals surface area (Å²) in [5, 5.41) is 10.3. The van der Waals surface area contributed by atoms with E-state index in [1.54, 1.807) is 11.1 Å². The topological polar surface area (TPSA) is 73.2 Å². The fourth-order valence-electron chi connectivity index (χ4n) is 1.80. The monoisotopic (exact) mass is 193 g/mol. The summed E-state index contributed by atoms with van der Waals surface area (Å²) in [4.78, 5) is 24.5. The van der Waals surface area contributed by atoms with Gasteiger partial charge in [-0.05, 0) is 12.8 Å². The number of nitrogens with one attached hydrogen (secondary N) is 1. The molecule has 0 aromatic heterocycles. The molecule has 2 rings (SSSR count). The van der Waals surface area contributed by atoms with Crippen molar-refractivity contribution in [2.24, 2.45) is 5.92 Å². The van der Waals surface area contributed by atoms with Crippen molar-refractivity contribution in [3.05, 3.63) is 0 Å². The smallest absolute Gasteiger partial charge is 0.238 e. The highest BCUT2D eigenvalue weighted by atomic mass is 16.2. The lowest BCUT2D eigenvalue weighted by atomic mass is 10.1. The molecule has 14 heavy (non-hydrogen) atoms. The Labute approximate surface area is 81.7 Å². The molecule has 5 nitrogen and oxygen atoms in total. The normalized spacial score (nSPS) is 26.1. The quantitative estimate of drug-likeness (QED) is 0.479. The standard InChI is InChI=1S/C9H11N3O2/c10-5-11-9(14)6-3-8(13)12(4-6)7-1-2-7/h6-7H,1-4H2,(H,11,14). The number of amides is 2. The molecule has 1 aliphatic carbocycles. The zero-order chi connectivity index (χ0) is 10.1. The Balaban J connectivity index is 1.95. The zero-order valence-electron chi connectivity index (χ0n) is 7.69. The fraction of sp³-hybridized carbons (Fsp3) is 0.667. The van der Waals surface area contributed by atoms with Gasteiger partial charge in [-0.2, -0.15) is 5.26 Å². The maximum absolute atomic E-state index is 11.4. The molecule has 74 valence electrons. The molecule has 2 aliphatic rings. The van der Waals surface area contributed by atoms with Gasteiger partial charge in [0.2, 0.25) is 11.8 Å². The molecule has 5 heteroatoms. The molecule has 0 aromatic rings. The Kier molecular flexibility index (Phi) is 2.12. The molecule has 1 saturated carbocycles. The molecule has 1 unspecified atom stereocenters. The zero-order valence-corrected chi connectivity index (χ0v) is 7.69. The average molecular weight is 193 g/mol. The van der Waals surface area contributed by atoms with Crippen molar-refractivity contribution in [2.45, 2.75) is 25.3 Å². The summed E-state index contributed by atoms with van der Waals surface area (Å²) >= 11 is 0. The van der Waals surface area contributed by atoms with Gasteiger partial charge >= 0.3 is 0 Å². The van der Waals surface area contributed by atoms with Crippen LogP contribution in [-0.2, 0) is 9.59 Å². The lowest BCUT2D eigenvalue weighted by Crippen LogP contribution is -2.31. The van der Waals surface area contributed by atoms with Crippen molar-refractivity contribution in [1.82, 2.24) is 10.2 Å². The predicted molar refractivity (Wildman–Crippen MR) is 46.6 cm³/mol. The van der Waals surface area contributed by atoms with E-state index in [0.717, 1.165) is 12.8 Å². The number of rotatable bonds is 2. The van der Waals surface area contributed by atoms with E-state index in [0.29, 0.717) is 12.6 Å². The molecule has 1 heterocycles. The van der Waals surface area contributed by atoms with Gasteiger partial charge in [-0.25, -0.2) is 0 Å². The number of likely N-dealkylation sites (tertiary alicyclic amines) is 1. The van der Waals surface area contributed by atoms with Crippen LogP contribution in [-0.4, -0.2) is 29.3 Å². The molecule has 1 N–H and O–H groups in total. The van der Waals surface area contributed by atoms with Crippen LogP contribution in [0.4, 0.5) is 0 Å². The van der Waals surface area contributed by atoms with Crippen LogP contribution >= 0.6 is 0 Å². The number of hydrogen-bond acceptors (Lipinski definition) is 3. The van der Waals surface area contributed by atoms with Crippen LogP contribution < -0.4 is 5.32 Å². The van der Waals surface area contributed by atoms with Gasteiger partial charge < -0.3 is 4.90 Å². The highest BCUT2D eigenvalue weighted by Gasteiger charge is 2.41. The third kappa shape index (κ3) is 1.55. The Hall–Kier alpha value is -1.57. The molecule has 1 atom stereocenters. The summed E-state index contributed by atoms with van der Waals surface area (Å²) in [6.07, 6.45) is 3.95. The molecular formula is C9H11N3O2. The Morgan fingerprint density at radius 1 is 1.57 bits per heavy atom. The van der Waals surface area contributed by atoms with Gasteiger partial charge in [0.05, 0.1) is 5.92 Å². The van der Waals surface area contributed by atoms with Crippen molar-refractivity contribution in [3.8, 4) is 6.19 Å². The maximum atomic E-state index is 11.4. The largest absolute Gasteiger partial charge is 0.339 e. The molecule has 0 bridgehead atoms. The second-order valence-corrected chi connectivity index (χ2v) is 3.78. The molecule has 0 aromatic carbocycles. The summed E-state index contributed by atoms with van der Waals surface area (Å²) < 4.78 is 0. The fourth-order valence-corrected chi connectivity index (χ4v) is 1.80. The van der Waals surface area contributed by atoms with E-state index in [9.17, 15) is 9.59 Å². The molecular weight excluding hydrogens is 182 g/mol. The lowest BCUT2D eigenvalue weighted by molar-refractivity contribution is -0.129. The first-order valence-corrected chi connectivity index (χ1v) is 4.71. The predicted octanol–water partition coefficient (Wildman–Crippen LogP) is -0.405. The van der Waals surface area contributed by atoms with Gasteiger partial charge in [-0.15, -0.1) is 0 Å². The summed E-state index contributed by atoms with van der Waals surface area (Å²) in [5.41, 5.74) is 0. The van der Waals surface area contributed by atoms with Gasteiger partial charge in [-0.1, -0.05) is 0 Å². The molecule has 0 radical (unpaired) electrons. The van der Waals surface area contributed by atoms with Crippen LogP contribution in [0.15, 0.2) is 0 Å². The van der Waals surface area contributed by atoms with Gasteiger partial charge in [-0.3, -0.25) is 14.9 Å². The van der Waals surface area contributed by atoms with Crippen molar-refractivity contribution >= 4 is 11.8 Å². The SMILES string of the molecule is N#CNC(=O)C1CC(=O)N(C2CC2)C1. The summed E-state index contributed by atoms with van der Waals surface area (Å²) in [5.74, 6) is -0.614. The number of carbonyl (C=O) groups is 2. The van der Waals surface area contributed by atoms with E-state index in [-0.39, 0.29) is 24.2 Å². The highest BCUT2D eigenvalue weighted by molar-refractivity contribution is 5.90. The van der Waals surface area contributed by atoms with Gasteiger partial charge in [0, 0.05) is 19.0 Å². The van der Waals surface area contributed by atoms with E-state index in [4.69, 9.17) is 5.26 Å². The van der Waals surface area contributed by atoms with E-state index in [1.165, 1.54) is 0 Å². The number of nitrogens with zero attached hydrogens (tertiary/aromatic N) is 2. The molecule has 1 saturated heterocycles. The van der Waals surface area contributed by atoms with Crippen molar-refractivity contribution in [2.75, 3.05) is 6.54 Å². The minimum absolute atomic E-state index is 0.0468. The third-order valence-electron chi connectivity index (χ3n) is 2.70. The molecule has 2 fully saturated rings. The minimum Gasteiger partial charge on any atom is -0.339 e. The first kappa shape index (κ1) is 9.00. The molecule has 2 amide bonds. The number of hydrogen-bond donors (Lipinski definition) is 1. The lowest BCUT2D eigenvalue weighted by Gasteiger charge is -2.14. The Bertz CT molecular complexity index is 317. The first-order valence-electron chi connectivity index (χ1n) is 4.71. The van der Waals surface area contributed by atoms with Crippen LogP contribution in [0.3, 0.4) is 0 Å². The highest BCUT2D eigenvalue weighted by Crippen LogP contribution is 2.32.